The topological polar surface area (TPSA) is 86.8 Å². The normalized spacial score (nSPS) is 12.2. The number of benzene rings is 2. The molecule has 31 heavy (non-hydrogen) atoms. The first-order chi connectivity index (χ1) is 14.5. The third kappa shape index (κ3) is 6.35. The molecule has 168 valence electrons. The van der Waals surface area contributed by atoms with E-state index in [1.54, 1.807) is 6.92 Å². The standard InChI is InChI=1S/C21H25Cl2N3O4S/c1-14-7-5-6-8-16(14)12-25(15(2)21(28)24-3)20(27)13-26(31(4,29)30)19-11-17(22)9-10-18(19)23/h5-11,15H,12-13H2,1-4H3,(H,24,28)/t15-/m1/s1. The van der Waals surface area contributed by atoms with Crippen molar-refractivity contribution in [2.24, 2.45) is 0 Å². The minimum atomic E-state index is -3.88. The largest absolute Gasteiger partial charge is 0.357 e. The quantitative estimate of drug-likeness (QED) is 0.621. The molecule has 0 aliphatic rings. The van der Waals surface area contributed by atoms with Crippen molar-refractivity contribution in [2.75, 3.05) is 24.2 Å². The summed E-state index contributed by atoms with van der Waals surface area (Å²) in [6, 6.07) is 11.0. The number of aryl methyl sites for hydroxylation is 1. The van der Waals surface area contributed by atoms with Crippen molar-refractivity contribution in [3.05, 3.63) is 63.6 Å². The monoisotopic (exact) mass is 485 g/mol. The highest BCUT2D eigenvalue weighted by Crippen LogP contribution is 2.31. The number of nitrogens with one attached hydrogen (secondary N) is 1. The molecule has 0 spiro atoms. The van der Waals surface area contributed by atoms with Crippen molar-refractivity contribution < 1.29 is 18.0 Å². The second kappa shape index (κ2) is 10.3. The number of nitrogens with zero attached hydrogens (tertiary/aromatic N) is 2. The molecule has 0 saturated heterocycles. The first-order valence-corrected chi connectivity index (χ1v) is 12.0. The van der Waals surface area contributed by atoms with E-state index in [4.69, 9.17) is 23.2 Å². The lowest BCUT2D eigenvalue weighted by molar-refractivity contribution is -0.139. The molecule has 1 N–H and O–H groups in total. The van der Waals surface area contributed by atoms with Gasteiger partial charge in [0.1, 0.15) is 12.6 Å². The lowest BCUT2D eigenvalue weighted by Gasteiger charge is -2.31. The van der Waals surface area contributed by atoms with Gasteiger partial charge in [-0.15, -0.1) is 0 Å². The van der Waals surface area contributed by atoms with Crippen LogP contribution in [0.3, 0.4) is 0 Å². The number of sulfonamides is 1. The lowest BCUT2D eigenvalue weighted by Crippen LogP contribution is -2.50. The number of hydrogen-bond donors (Lipinski definition) is 1. The molecule has 0 unspecified atom stereocenters. The molecule has 0 heterocycles. The van der Waals surface area contributed by atoms with E-state index in [0.717, 1.165) is 21.7 Å². The van der Waals surface area contributed by atoms with E-state index in [9.17, 15) is 18.0 Å². The Morgan fingerprint density at radius 1 is 1.13 bits per heavy atom. The number of amides is 2. The summed E-state index contributed by atoms with van der Waals surface area (Å²) in [6.45, 7) is 3.09. The highest BCUT2D eigenvalue weighted by molar-refractivity contribution is 7.92. The summed E-state index contributed by atoms with van der Waals surface area (Å²) in [4.78, 5) is 27.0. The van der Waals surface area contributed by atoms with Crippen LogP contribution in [-0.4, -0.2) is 51.0 Å². The Morgan fingerprint density at radius 2 is 1.77 bits per heavy atom. The SMILES string of the molecule is CNC(=O)[C@@H](C)N(Cc1ccccc1C)C(=O)CN(c1cc(Cl)ccc1Cl)S(C)(=O)=O. The predicted molar refractivity (Wildman–Crippen MR) is 124 cm³/mol. The molecule has 2 aromatic carbocycles. The van der Waals surface area contributed by atoms with Crippen LogP contribution in [0.2, 0.25) is 10.0 Å². The number of rotatable bonds is 8. The molecule has 0 bridgehead atoms. The second-order valence-electron chi connectivity index (χ2n) is 7.10. The highest BCUT2D eigenvalue weighted by atomic mass is 35.5. The molecular weight excluding hydrogens is 461 g/mol. The van der Waals surface area contributed by atoms with Crippen molar-refractivity contribution in [3.63, 3.8) is 0 Å². The van der Waals surface area contributed by atoms with Crippen LogP contribution in [-0.2, 0) is 26.2 Å². The number of likely N-dealkylation sites (N-methyl/N-ethyl adjacent to an activating group) is 1. The molecular formula is C21H25Cl2N3O4S. The summed E-state index contributed by atoms with van der Waals surface area (Å²) in [5.41, 5.74) is 1.88. The molecule has 2 amide bonds. The molecule has 0 aliphatic heterocycles. The first kappa shape index (κ1) is 25.0. The van der Waals surface area contributed by atoms with Gasteiger partial charge in [-0.25, -0.2) is 8.42 Å². The fourth-order valence-corrected chi connectivity index (χ4v) is 4.32. The molecule has 10 heteroatoms. The van der Waals surface area contributed by atoms with Crippen molar-refractivity contribution in [1.82, 2.24) is 10.2 Å². The molecule has 7 nitrogen and oxygen atoms in total. The Morgan fingerprint density at radius 3 is 2.35 bits per heavy atom. The van der Waals surface area contributed by atoms with Gasteiger partial charge in [-0.3, -0.25) is 13.9 Å². The number of halogens is 2. The molecule has 0 aliphatic carbocycles. The van der Waals surface area contributed by atoms with Crippen LogP contribution in [0.5, 0.6) is 0 Å². The maximum absolute atomic E-state index is 13.3. The maximum atomic E-state index is 13.3. The fourth-order valence-electron chi connectivity index (χ4n) is 3.03. The molecule has 2 rings (SSSR count). The summed E-state index contributed by atoms with van der Waals surface area (Å²) >= 11 is 12.2. The van der Waals surface area contributed by atoms with Gasteiger partial charge in [0.15, 0.2) is 0 Å². The minimum Gasteiger partial charge on any atom is -0.357 e. The average molecular weight is 486 g/mol. The predicted octanol–water partition coefficient (Wildman–Crippen LogP) is 3.23. The number of hydrogen-bond acceptors (Lipinski definition) is 4. The summed E-state index contributed by atoms with van der Waals surface area (Å²) in [6.07, 6.45) is 0.978. The minimum absolute atomic E-state index is 0.0912. The molecule has 1 atom stereocenters. The van der Waals surface area contributed by atoms with Crippen LogP contribution in [0, 0.1) is 6.92 Å². The third-order valence-electron chi connectivity index (χ3n) is 4.87. The van der Waals surface area contributed by atoms with Crippen molar-refractivity contribution in [1.29, 1.82) is 0 Å². The molecule has 0 radical (unpaired) electrons. The number of carbonyl (C=O) groups excluding carboxylic acids is 2. The van der Waals surface area contributed by atoms with Crippen LogP contribution in [0.15, 0.2) is 42.5 Å². The van der Waals surface area contributed by atoms with E-state index in [-0.39, 0.29) is 28.2 Å². The van der Waals surface area contributed by atoms with Crippen molar-refractivity contribution in [3.8, 4) is 0 Å². The van der Waals surface area contributed by atoms with Crippen molar-refractivity contribution in [2.45, 2.75) is 26.4 Å². The Kier molecular flexibility index (Phi) is 8.34. The van der Waals surface area contributed by atoms with E-state index >= 15 is 0 Å². The van der Waals surface area contributed by atoms with E-state index in [0.29, 0.717) is 0 Å². The Hall–Kier alpha value is -2.29. The van der Waals surface area contributed by atoms with Gasteiger partial charge in [-0.1, -0.05) is 47.5 Å². The van der Waals surface area contributed by atoms with Crippen LogP contribution in [0.25, 0.3) is 0 Å². The fraction of sp³-hybridized carbons (Fsp3) is 0.333. The van der Waals surface area contributed by atoms with Crippen LogP contribution < -0.4 is 9.62 Å². The lowest BCUT2D eigenvalue weighted by atomic mass is 10.1. The second-order valence-corrected chi connectivity index (χ2v) is 9.85. The molecule has 2 aromatic rings. The smallest absolute Gasteiger partial charge is 0.244 e. The van der Waals surface area contributed by atoms with E-state index < -0.39 is 28.5 Å². The van der Waals surface area contributed by atoms with Gasteiger partial charge in [-0.2, -0.15) is 0 Å². The number of anilines is 1. The average Bonchev–Trinajstić information content (AvgIpc) is 2.71. The van der Waals surface area contributed by atoms with Crippen LogP contribution in [0.1, 0.15) is 18.1 Å². The zero-order chi connectivity index (χ0) is 23.3. The zero-order valence-electron chi connectivity index (χ0n) is 17.7. The van der Waals surface area contributed by atoms with Gasteiger partial charge in [-0.05, 0) is 43.2 Å². The summed E-state index contributed by atoms with van der Waals surface area (Å²) < 4.78 is 25.9. The Bertz CT molecular complexity index is 1080. The Labute approximate surface area is 193 Å². The van der Waals surface area contributed by atoms with Crippen LogP contribution in [0.4, 0.5) is 5.69 Å². The first-order valence-electron chi connectivity index (χ1n) is 9.44. The van der Waals surface area contributed by atoms with E-state index in [1.165, 1.54) is 30.1 Å². The van der Waals surface area contributed by atoms with Gasteiger partial charge in [0.2, 0.25) is 21.8 Å². The van der Waals surface area contributed by atoms with Crippen molar-refractivity contribution >= 4 is 50.7 Å². The third-order valence-corrected chi connectivity index (χ3v) is 6.55. The Balaban J connectivity index is 2.45. The van der Waals surface area contributed by atoms with E-state index in [2.05, 4.69) is 5.32 Å². The van der Waals surface area contributed by atoms with Gasteiger partial charge >= 0.3 is 0 Å². The summed E-state index contributed by atoms with van der Waals surface area (Å²) in [7, 11) is -2.40. The summed E-state index contributed by atoms with van der Waals surface area (Å²) in [5.74, 6) is -0.922. The molecule has 0 aromatic heterocycles. The number of carbonyl (C=O) groups is 2. The van der Waals surface area contributed by atoms with Gasteiger partial charge in [0.25, 0.3) is 0 Å². The molecule has 0 saturated carbocycles. The van der Waals surface area contributed by atoms with Gasteiger partial charge in [0, 0.05) is 18.6 Å². The van der Waals surface area contributed by atoms with Gasteiger partial charge in [0.05, 0.1) is 17.0 Å². The van der Waals surface area contributed by atoms with E-state index in [1.807, 2.05) is 31.2 Å². The molecule has 0 fully saturated rings. The van der Waals surface area contributed by atoms with Gasteiger partial charge < -0.3 is 10.2 Å². The maximum Gasteiger partial charge on any atom is 0.244 e. The van der Waals surface area contributed by atoms with Crippen LogP contribution >= 0.6 is 23.2 Å². The zero-order valence-corrected chi connectivity index (χ0v) is 20.1. The highest BCUT2D eigenvalue weighted by Gasteiger charge is 2.30. The summed E-state index contributed by atoms with van der Waals surface area (Å²) in [5, 5.41) is 2.94.